The summed E-state index contributed by atoms with van der Waals surface area (Å²) in [7, 11) is -3.52. The average Bonchev–Trinajstić information content (AvgIpc) is 3.22. The fourth-order valence-electron chi connectivity index (χ4n) is 4.21. The third kappa shape index (κ3) is 6.38. The average molecular weight is 530 g/mol. The molecule has 192 valence electrons. The summed E-state index contributed by atoms with van der Waals surface area (Å²) in [6.07, 6.45) is 4.47. The Kier molecular flexibility index (Phi) is 7.33. The highest BCUT2D eigenvalue weighted by Gasteiger charge is 2.27. The van der Waals surface area contributed by atoms with Crippen LogP contribution in [0.5, 0.6) is 0 Å². The summed E-state index contributed by atoms with van der Waals surface area (Å²) < 4.78 is 25.2. The van der Waals surface area contributed by atoms with Crippen LogP contribution in [0.2, 0.25) is 0 Å². The smallest absolute Gasteiger partial charge is 0.284 e. The predicted molar refractivity (Wildman–Crippen MR) is 142 cm³/mol. The Labute approximate surface area is 215 Å². The van der Waals surface area contributed by atoms with Gasteiger partial charge in [0.25, 0.3) is 5.91 Å². The number of piperidine rings is 1. The lowest BCUT2D eigenvalue weighted by Gasteiger charge is -2.34. The zero-order valence-corrected chi connectivity index (χ0v) is 22.5. The molecule has 1 aromatic carbocycles. The molecular weight excluding hydrogens is 498 g/mol. The first kappa shape index (κ1) is 26.0. The molecule has 1 saturated heterocycles. The number of benzene rings is 1. The van der Waals surface area contributed by atoms with Crippen molar-refractivity contribution in [3.05, 3.63) is 41.5 Å². The van der Waals surface area contributed by atoms with Crippen LogP contribution in [0.1, 0.15) is 49.8 Å². The number of hydrogen-bond donors (Lipinski definition) is 2. The van der Waals surface area contributed by atoms with Gasteiger partial charge in [-0.15, -0.1) is 11.3 Å². The van der Waals surface area contributed by atoms with Crippen molar-refractivity contribution in [2.24, 2.45) is 5.92 Å². The van der Waals surface area contributed by atoms with Gasteiger partial charge in [-0.1, -0.05) is 12.1 Å². The first-order valence-electron chi connectivity index (χ1n) is 11.8. The Morgan fingerprint density at radius 2 is 1.86 bits per heavy atom. The second-order valence-corrected chi connectivity index (χ2v) is 13.2. The standard InChI is InChI=1S/C25H31N5O4S2/c1-25(2,3)29-21(31)13-16-9-11-30(12-10-16)22-19(14-17(15-26-22)36(4,33)34)27-23(32)24-28-18-7-5-6-8-20(18)35-24/h5-8,14-16H,9-13H2,1-4H3,(H,27,32)(H,29,31). The van der Waals surface area contributed by atoms with Gasteiger partial charge in [0.15, 0.2) is 20.7 Å². The molecule has 0 spiro atoms. The number of carbonyl (C=O) groups excluding carboxylic acids is 2. The van der Waals surface area contributed by atoms with Crippen molar-refractivity contribution in [1.82, 2.24) is 15.3 Å². The molecule has 9 nitrogen and oxygen atoms in total. The Bertz CT molecular complexity index is 1350. The monoisotopic (exact) mass is 529 g/mol. The van der Waals surface area contributed by atoms with E-state index in [4.69, 9.17) is 0 Å². The molecule has 0 unspecified atom stereocenters. The second-order valence-electron chi connectivity index (χ2n) is 10.2. The van der Waals surface area contributed by atoms with Crippen molar-refractivity contribution < 1.29 is 18.0 Å². The third-order valence-corrected chi connectivity index (χ3v) is 8.02. The van der Waals surface area contributed by atoms with Gasteiger partial charge in [-0.25, -0.2) is 18.4 Å². The topological polar surface area (TPSA) is 121 Å². The normalized spacial score (nSPS) is 15.2. The number of anilines is 2. The highest BCUT2D eigenvalue weighted by atomic mass is 32.2. The van der Waals surface area contributed by atoms with E-state index in [-0.39, 0.29) is 27.3 Å². The minimum atomic E-state index is -3.52. The number of rotatable bonds is 6. The van der Waals surface area contributed by atoms with Crippen LogP contribution in [0.3, 0.4) is 0 Å². The largest absolute Gasteiger partial charge is 0.355 e. The summed E-state index contributed by atoms with van der Waals surface area (Å²) in [5.41, 5.74) is 0.791. The number of nitrogens with one attached hydrogen (secondary N) is 2. The molecular formula is C25H31N5O4S2. The van der Waals surface area contributed by atoms with Gasteiger partial charge in [-0.05, 0) is 57.7 Å². The molecule has 0 radical (unpaired) electrons. The van der Waals surface area contributed by atoms with E-state index >= 15 is 0 Å². The minimum absolute atomic E-state index is 0.0274. The molecule has 4 rings (SSSR count). The molecule has 2 N–H and O–H groups in total. The van der Waals surface area contributed by atoms with Crippen LogP contribution in [0, 0.1) is 5.92 Å². The van der Waals surface area contributed by atoms with E-state index in [1.165, 1.54) is 23.6 Å². The molecule has 3 aromatic rings. The van der Waals surface area contributed by atoms with Gasteiger partial charge in [0.2, 0.25) is 5.91 Å². The fourth-order valence-corrected chi connectivity index (χ4v) is 5.65. The molecule has 1 aliphatic rings. The van der Waals surface area contributed by atoms with Crippen molar-refractivity contribution in [3.63, 3.8) is 0 Å². The second kappa shape index (κ2) is 10.1. The van der Waals surface area contributed by atoms with Crippen LogP contribution in [0.15, 0.2) is 41.4 Å². The summed E-state index contributed by atoms with van der Waals surface area (Å²) in [6.45, 7) is 7.17. The SMILES string of the molecule is CC(C)(C)NC(=O)CC1CCN(c2ncc(S(C)(=O)=O)cc2NC(=O)c2nc3ccccc3s2)CC1. The van der Waals surface area contributed by atoms with Crippen molar-refractivity contribution in [3.8, 4) is 0 Å². The van der Waals surface area contributed by atoms with Crippen molar-refractivity contribution in [2.75, 3.05) is 29.6 Å². The quantitative estimate of drug-likeness (QED) is 0.497. The first-order chi connectivity index (χ1) is 16.9. The Hall–Kier alpha value is -3.05. The number of hydrogen-bond acceptors (Lipinski definition) is 8. The van der Waals surface area contributed by atoms with E-state index in [0.29, 0.717) is 31.0 Å². The maximum atomic E-state index is 13.1. The summed E-state index contributed by atoms with van der Waals surface area (Å²) in [5, 5.41) is 6.14. The number of fused-ring (bicyclic) bond motifs is 1. The summed E-state index contributed by atoms with van der Waals surface area (Å²) >= 11 is 1.27. The zero-order chi connectivity index (χ0) is 26.1. The number of para-hydroxylation sites is 1. The first-order valence-corrected chi connectivity index (χ1v) is 14.5. The van der Waals surface area contributed by atoms with Crippen LogP contribution in [0.25, 0.3) is 10.2 Å². The number of nitrogens with zero attached hydrogens (tertiary/aromatic N) is 3. The van der Waals surface area contributed by atoms with E-state index in [0.717, 1.165) is 29.3 Å². The molecule has 0 bridgehead atoms. The summed E-state index contributed by atoms with van der Waals surface area (Å²) in [4.78, 5) is 36.3. The fraction of sp³-hybridized carbons (Fsp3) is 0.440. The molecule has 2 aromatic heterocycles. The van der Waals surface area contributed by atoms with Gasteiger partial charge in [0.05, 0.1) is 20.8 Å². The summed E-state index contributed by atoms with van der Waals surface area (Å²) in [6, 6.07) is 8.93. The number of aromatic nitrogens is 2. The minimum Gasteiger partial charge on any atom is -0.355 e. The number of carbonyl (C=O) groups is 2. The number of amides is 2. The maximum absolute atomic E-state index is 13.1. The molecule has 3 heterocycles. The third-order valence-electron chi connectivity index (χ3n) is 5.91. The van der Waals surface area contributed by atoms with Crippen LogP contribution >= 0.6 is 11.3 Å². The van der Waals surface area contributed by atoms with Crippen molar-refractivity contribution >= 4 is 54.7 Å². The molecule has 36 heavy (non-hydrogen) atoms. The maximum Gasteiger partial charge on any atom is 0.284 e. The lowest BCUT2D eigenvalue weighted by molar-refractivity contribution is -0.123. The predicted octanol–water partition coefficient (Wildman–Crippen LogP) is 3.87. The Balaban J connectivity index is 1.52. The van der Waals surface area contributed by atoms with E-state index in [1.54, 1.807) is 0 Å². The lowest BCUT2D eigenvalue weighted by Crippen LogP contribution is -2.42. The zero-order valence-electron chi connectivity index (χ0n) is 20.9. The molecule has 1 aliphatic heterocycles. The van der Waals surface area contributed by atoms with Gasteiger partial charge in [0.1, 0.15) is 0 Å². The van der Waals surface area contributed by atoms with E-state index < -0.39 is 15.7 Å². The van der Waals surface area contributed by atoms with Crippen LogP contribution < -0.4 is 15.5 Å². The van der Waals surface area contributed by atoms with E-state index in [1.807, 2.05) is 49.9 Å². The van der Waals surface area contributed by atoms with Gasteiger partial charge in [-0.2, -0.15) is 0 Å². The van der Waals surface area contributed by atoms with Gasteiger partial charge in [0, 0.05) is 37.5 Å². The van der Waals surface area contributed by atoms with Crippen LogP contribution in [-0.2, 0) is 14.6 Å². The molecule has 11 heteroatoms. The molecule has 0 aliphatic carbocycles. The number of thiazole rings is 1. The number of sulfone groups is 1. The molecule has 2 amide bonds. The van der Waals surface area contributed by atoms with E-state index in [2.05, 4.69) is 20.6 Å². The van der Waals surface area contributed by atoms with Gasteiger partial charge >= 0.3 is 0 Å². The van der Waals surface area contributed by atoms with E-state index in [9.17, 15) is 18.0 Å². The number of pyridine rings is 1. The molecule has 1 fully saturated rings. The highest BCUT2D eigenvalue weighted by molar-refractivity contribution is 7.90. The molecule has 0 atom stereocenters. The summed E-state index contributed by atoms with van der Waals surface area (Å²) in [5.74, 6) is 0.383. The molecule has 0 saturated carbocycles. The lowest BCUT2D eigenvalue weighted by atomic mass is 9.92. The van der Waals surface area contributed by atoms with Crippen molar-refractivity contribution in [2.45, 2.75) is 50.5 Å². The van der Waals surface area contributed by atoms with Crippen molar-refractivity contribution in [1.29, 1.82) is 0 Å². The Morgan fingerprint density at radius 1 is 1.17 bits per heavy atom. The van der Waals surface area contributed by atoms with Gasteiger partial charge in [-0.3, -0.25) is 9.59 Å². The van der Waals surface area contributed by atoms with Gasteiger partial charge < -0.3 is 15.5 Å². The Morgan fingerprint density at radius 3 is 2.50 bits per heavy atom. The van der Waals surface area contributed by atoms with Crippen LogP contribution in [0.4, 0.5) is 11.5 Å². The van der Waals surface area contributed by atoms with Crippen LogP contribution in [-0.4, -0.2) is 55.1 Å². The highest BCUT2D eigenvalue weighted by Crippen LogP contribution is 2.32.